The summed E-state index contributed by atoms with van der Waals surface area (Å²) < 4.78 is 10.4. The molecule has 0 unspecified atom stereocenters. The second-order valence-corrected chi connectivity index (χ2v) is 6.44. The van der Waals surface area contributed by atoms with Crippen molar-refractivity contribution in [1.29, 1.82) is 0 Å². The van der Waals surface area contributed by atoms with E-state index < -0.39 is 5.91 Å². The average Bonchev–Trinajstić information content (AvgIpc) is 3.26. The van der Waals surface area contributed by atoms with E-state index in [2.05, 4.69) is 39.7 Å². The highest BCUT2D eigenvalue weighted by molar-refractivity contribution is 7.99. The smallest absolute Gasteiger partial charge is 0.305 e. The molecule has 26 heavy (non-hydrogen) atoms. The number of thioether (sulfide) groups is 1. The number of aryl methyl sites for hydroxylation is 1. The fraction of sp³-hybridized carbons (Fsp3) is 0.500. The minimum Gasteiger partial charge on any atom is -0.454 e. The molecular formula is C16H23N5O4S. The molecule has 10 heteroatoms. The van der Waals surface area contributed by atoms with Gasteiger partial charge in [-0.05, 0) is 25.2 Å². The molecule has 0 aromatic carbocycles. The first-order valence-corrected chi connectivity index (χ1v) is 9.44. The van der Waals surface area contributed by atoms with Gasteiger partial charge in [-0.2, -0.15) is 4.98 Å². The maximum atomic E-state index is 12.0. The van der Waals surface area contributed by atoms with Crippen LogP contribution in [0.3, 0.4) is 0 Å². The Balaban J connectivity index is 1.70. The largest absolute Gasteiger partial charge is 0.454 e. The van der Waals surface area contributed by atoms with Crippen molar-refractivity contribution < 1.29 is 18.5 Å². The first-order valence-electron chi connectivity index (χ1n) is 8.29. The van der Waals surface area contributed by atoms with Crippen molar-refractivity contribution in [3.8, 4) is 0 Å². The maximum Gasteiger partial charge on any atom is 0.305 e. The lowest BCUT2D eigenvalue weighted by atomic mass is 10.4. The molecule has 2 heterocycles. The van der Waals surface area contributed by atoms with E-state index in [1.165, 1.54) is 11.8 Å². The molecule has 2 rings (SSSR count). The third-order valence-corrected chi connectivity index (χ3v) is 4.44. The van der Waals surface area contributed by atoms with Crippen molar-refractivity contribution in [3.05, 3.63) is 35.4 Å². The highest BCUT2D eigenvalue weighted by Crippen LogP contribution is 2.11. The lowest BCUT2D eigenvalue weighted by molar-refractivity contribution is -0.119. The number of hydrazine groups is 1. The number of hydrogen-bond acceptors (Lipinski definition) is 8. The zero-order valence-corrected chi connectivity index (χ0v) is 15.9. The van der Waals surface area contributed by atoms with Gasteiger partial charge in [0.05, 0.1) is 18.1 Å². The number of carbonyl (C=O) groups excluding carboxylic acids is 2. The topological polar surface area (TPSA) is 114 Å². The van der Waals surface area contributed by atoms with Crippen molar-refractivity contribution in [3.63, 3.8) is 0 Å². The van der Waals surface area contributed by atoms with E-state index in [1.54, 1.807) is 19.1 Å². The molecule has 0 saturated heterocycles. The molecule has 0 fully saturated rings. The van der Waals surface area contributed by atoms with Crippen molar-refractivity contribution in [2.75, 3.05) is 18.8 Å². The first kappa shape index (κ1) is 20.0. The van der Waals surface area contributed by atoms with Crippen LogP contribution in [0.25, 0.3) is 0 Å². The van der Waals surface area contributed by atoms with Crippen LogP contribution in [-0.2, 0) is 17.1 Å². The summed E-state index contributed by atoms with van der Waals surface area (Å²) in [4.78, 5) is 30.0. The summed E-state index contributed by atoms with van der Waals surface area (Å²) in [5.41, 5.74) is 4.69. The molecule has 142 valence electrons. The van der Waals surface area contributed by atoms with Crippen molar-refractivity contribution in [2.45, 2.75) is 33.1 Å². The molecule has 2 aromatic rings. The third-order valence-electron chi connectivity index (χ3n) is 3.51. The molecule has 0 aliphatic rings. The molecule has 0 aliphatic carbocycles. The summed E-state index contributed by atoms with van der Waals surface area (Å²) in [7, 11) is 0. The summed E-state index contributed by atoms with van der Waals surface area (Å²) in [6.07, 6.45) is 0. The van der Waals surface area contributed by atoms with E-state index in [4.69, 9.17) is 8.94 Å². The number of amides is 2. The Morgan fingerprint density at radius 3 is 2.65 bits per heavy atom. The number of nitrogens with zero attached hydrogens (tertiary/aromatic N) is 3. The maximum absolute atomic E-state index is 12.0. The van der Waals surface area contributed by atoms with Crippen LogP contribution in [0.5, 0.6) is 0 Å². The summed E-state index contributed by atoms with van der Waals surface area (Å²) >= 11 is 1.31. The Morgan fingerprint density at radius 2 is 2.00 bits per heavy atom. The molecule has 0 atom stereocenters. The Hall–Kier alpha value is -2.33. The van der Waals surface area contributed by atoms with Gasteiger partial charge in [-0.15, -0.1) is 11.8 Å². The zero-order valence-electron chi connectivity index (χ0n) is 15.1. The van der Waals surface area contributed by atoms with Crippen molar-refractivity contribution >= 4 is 23.6 Å². The SMILES string of the molecule is CCN(CC)Cc1ccc(C(=O)NNC(=O)CSCc2noc(C)n2)o1. The van der Waals surface area contributed by atoms with Crippen LogP contribution in [0.2, 0.25) is 0 Å². The van der Waals surface area contributed by atoms with Gasteiger partial charge in [0.25, 0.3) is 0 Å². The predicted octanol–water partition coefficient (Wildman–Crippen LogP) is 1.51. The van der Waals surface area contributed by atoms with Gasteiger partial charge >= 0.3 is 5.91 Å². The van der Waals surface area contributed by atoms with Crippen molar-refractivity contribution in [2.24, 2.45) is 0 Å². The second kappa shape index (κ2) is 9.97. The first-order chi connectivity index (χ1) is 12.5. The van der Waals surface area contributed by atoms with E-state index >= 15 is 0 Å². The van der Waals surface area contributed by atoms with Crippen LogP contribution >= 0.6 is 11.8 Å². The lowest BCUT2D eigenvalue weighted by Gasteiger charge is -2.15. The predicted molar refractivity (Wildman–Crippen MR) is 96.1 cm³/mol. The summed E-state index contributed by atoms with van der Waals surface area (Å²) in [6, 6.07) is 3.35. The van der Waals surface area contributed by atoms with Gasteiger partial charge in [-0.3, -0.25) is 25.3 Å². The highest BCUT2D eigenvalue weighted by Gasteiger charge is 2.13. The van der Waals surface area contributed by atoms with Crippen LogP contribution in [0.1, 0.15) is 41.9 Å². The highest BCUT2D eigenvalue weighted by atomic mass is 32.2. The summed E-state index contributed by atoms with van der Waals surface area (Å²) in [5, 5.41) is 3.74. The number of carbonyl (C=O) groups is 2. The van der Waals surface area contributed by atoms with E-state index in [-0.39, 0.29) is 17.4 Å². The quantitative estimate of drug-likeness (QED) is 0.628. The molecular weight excluding hydrogens is 358 g/mol. The van der Waals surface area contributed by atoms with Gasteiger partial charge in [0, 0.05) is 6.92 Å². The normalized spacial score (nSPS) is 10.9. The molecule has 2 amide bonds. The zero-order chi connectivity index (χ0) is 18.9. The molecule has 9 nitrogen and oxygen atoms in total. The summed E-state index contributed by atoms with van der Waals surface area (Å²) in [5.74, 6) is 1.64. The molecule has 2 aromatic heterocycles. The van der Waals surface area contributed by atoms with Crippen LogP contribution in [0.4, 0.5) is 0 Å². The molecule has 0 radical (unpaired) electrons. The van der Waals surface area contributed by atoms with Crippen LogP contribution in [-0.4, -0.2) is 45.7 Å². The molecule has 2 N–H and O–H groups in total. The minimum atomic E-state index is -0.497. The lowest BCUT2D eigenvalue weighted by Crippen LogP contribution is -2.42. The van der Waals surface area contributed by atoms with Gasteiger partial charge in [-0.1, -0.05) is 19.0 Å². The number of aromatic nitrogens is 2. The van der Waals surface area contributed by atoms with Gasteiger partial charge in [0.1, 0.15) is 5.76 Å². The summed E-state index contributed by atoms with van der Waals surface area (Å²) in [6.45, 7) is 8.26. The number of furan rings is 1. The van der Waals surface area contributed by atoms with Gasteiger partial charge in [0.2, 0.25) is 11.8 Å². The number of nitrogens with one attached hydrogen (secondary N) is 2. The van der Waals surface area contributed by atoms with Gasteiger partial charge in [-0.25, -0.2) is 0 Å². The fourth-order valence-electron chi connectivity index (χ4n) is 2.11. The second-order valence-electron chi connectivity index (χ2n) is 5.45. The minimum absolute atomic E-state index is 0.152. The molecule has 0 aliphatic heterocycles. The Kier molecular flexibility index (Phi) is 7.67. The Bertz CT molecular complexity index is 726. The molecule has 0 spiro atoms. The average molecular weight is 381 g/mol. The molecule has 0 saturated carbocycles. The fourth-order valence-corrected chi connectivity index (χ4v) is 2.77. The number of rotatable bonds is 9. The molecule has 0 bridgehead atoms. The third kappa shape index (κ3) is 6.19. The van der Waals surface area contributed by atoms with E-state index in [0.29, 0.717) is 29.8 Å². The van der Waals surface area contributed by atoms with Crippen LogP contribution in [0, 0.1) is 6.92 Å². The Morgan fingerprint density at radius 1 is 1.23 bits per heavy atom. The van der Waals surface area contributed by atoms with Gasteiger partial charge in [0.15, 0.2) is 11.6 Å². The van der Waals surface area contributed by atoms with E-state index in [9.17, 15) is 9.59 Å². The van der Waals surface area contributed by atoms with Crippen LogP contribution < -0.4 is 10.9 Å². The van der Waals surface area contributed by atoms with Crippen molar-refractivity contribution in [1.82, 2.24) is 25.9 Å². The Labute approximate surface area is 155 Å². The number of hydrogen-bond donors (Lipinski definition) is 2. The van der Waals surface area contributed by atoms with E-state index in [1.807, 2.05) is 0 Å². The van der Waals surface area contributed by atoms with E-state index in [0.717, 1.165) is 13.1 Å². The van der Waals surface area contributed by atoms with Crippen LogP contribution in [0.15, 0.2) is 21.1 Å². The standard InChI is InChI=1S/C16H23N5O4S/c1-4-21(5-2)8-12-6-7-13(24-12)16(23)19-18-15(22)10-26-9-14-17-11(3)25-20-14/h6-7H,4-5,8-10H2,1-3H3,(H,18,22)(H,19,23). The monoisotopic (exact) mass is 381 g/mol. The van der Waals surface area contributed by atoms with Gasteiger partial charge < -0.3 is 8.94 Å².